The van der Waals surface area contributed by atoms with Gasteiger partial charge in [0.2, 0.25) is 0 Å². The summed E-state index contributed by atoms with van der Waals surface area (Å²) in [5.74, 6) is -0.667. The molecule has 1 aliphatic heterocycles. The third-order valence-electron chi connectivity index (χ3n) is 2.56. The summed E-state index contributed by atoms with van der Waals surface area (Å²) in [4.78, 5) is 14.8. The number of nitrogens with two attached hydrogens (primary N) is 1. The summed E-state index contributed by atoms with van der Waals surface area (Å²) in [6.07, 6.45) is -4.05. The second-order valence-corrected chi connectivity index (χ2v) is 4.58. The molecule has 1 fully saturated rings. The largest absolute Gasteiger partial charge is 0.394 e. The molecule has 0 unspecified atom stereocenters. The van der Waals surface area contributed by atoms with E-state index in [0.717, 1.165) is 11.3 Å². The maximum absolute atomic E-state index is 10.9. The molecule has 2 heterocycles. The topological polar surface area (TPSA) is 126 Å². The van der Waals surface area contributed by atoms with Gasteiger partial charge in [0.25, 0.3) is 5.91 Å². The molecule has 17 heavy (non-hydrogen) atoms. The average Bonchev–Trinajstić information content (AvgIpc) is 2.87. The zero-order valence-electron chi connectivity index (χ0n) is 8.68. The van der Waals surface area contributed by atoms with Crippen molar-refractivity contribution >= 4 is 17.2 Å². The highest BCUT2D eigenvalue weighted by molar-refractivity contribution is 7.09. The molecule has 1 aliphatic rings. The van der Waals surface area contributed by atoms with Crippen molar-refractivity contribution in [3.05, 3.63) is 16.1 Å². The Labute approximate surface area is 100 Å². The number of aliphatic hydroxyl groups excluding tert-OH is 3. The number of amides is 1. The van der Waals surface area contributed by atoms with Crippen molar-refractivity contribution in [3.63, 3.8) is 0 Å². The summed E-state index contributed by atoms with van der Waals surface area (Å²) in [7, 11) is 0. The van der Waals surface area contributed by atoms with Gasteiger partial charge >= 0.3 is 0 Å². The molecule has 1 amide bonds. The van der Waals surface area contributed by atoms with Crippen LogP contribution in [0.1, 0.15) is 21.6 Å². The van der Waals surface area contributed by atoms with E-state index in [0.29, 0.717) is 5.01 Å². The number of carbonyl (C=O) groups is 1. The molecule has 0 aromatic carbocycles. The van der Waals surface area contributed by atoms with E-state index in [4.69, 9.17) is 15.6 Å². The third-order valence-corrected chi connectivity index (χ3v) is 3.47. The first kappa shape index (κ1) is 12.4. The first-order valence-corrected chi connectivity index (χ1v) is 5.80. The Bertz CT molecular complexity index is 423. The molecule has 4 atom stereocenters. The summed E-state index contributed by atoms with van der Waals surface area (Å²) < 4.78 is 5.26. The van der Waals surface area contributed by atoms with E-state index in [-0.39, 0.29) is 5.69 Å². The number of ether oxygens (including phenoxy) is 1. The van der Waals surface area contributed by atoms with Gasteiger partial charge in [0.15, 0.2) is 0 Å². The van der Waals surface area contributed by atoms with Gasteiger partial charge in [0.05, 0.1) is 6.61 Å². The lowest BCUT2D eigenvalue weighted by atomic mass is 10.1. The van der Waals surface area contributed by atoms with Gasteiger partial charge in [-0.1, -0.05) is 0 Å². The quantitative estimate of drug-likeness (QED) is 0.518. The normalized spacial score (nSPS) is 32.9. The molecule has 5 N–H and O–H groups in total. The van der Waals surface area contributed by atoms with E-state index in [1.807, 2.05) is 0 Å². The second-order valence-electron chi connectivity index (χ2n) is 3.69. The number of nitrogens with zero attached hydrogens (tertiary/aromatic N) is 1. The fourth-order valence-corrected chi connectivity index (χ4v) is 2.52. The van der Waals surface area contributed by atoms with Crippen LogP contribution in [0, 0.1) is 0 Å². The summed E-state index contributed by atoms with van der Waals surface area (Å²) in [5, 5.41) is 30.0. The van der Waals surface area contributed by atoms with E-state index >= 15 is 0 Å². The molecule has 0 bridgehead atoms. The van der Waals surface area contributed by atoms with Crippen LogP contribution in [-0.2, 0) is 4.74 Å². The Kier molecular flexibility index (Phi) is 3.40. The standard InChI is InChI=1S/C9H12N2O5S/c10-8(15)3-2-17-9(11-3)7-6(14)5(13)4(1-12)16-7/h2,4-7,12-14H,1H2,(H2,10,15)/t4-,5+,6+,7-/m1/s1. The first-order chi connectivity index (χ1) is 8.04. The number of hydrogen-bond acceptors (Lipinski definition) is 7. The van der Waals surface area contributed by atoms with Crippen LogP contribution in [0.4, 0.5) is 0 Å². The van der Waals surface area contributed by atoms with E-state index in [2.05, 4.69) is 4.98 Å². The maximum atomic E-state index is 10.9. The van der Waals surface area contributed by atoms with E-state index in [9.17, 15) is 15.0 Å². The third kappa shape index (κ3) is 2.17. The Morgan fingerprint density at radius 2 is 2.24 bits per heavy atom. The summed E-state index contributed by atoms with van der Waals surface area (Å²) in [6.45, 7) is -0.400. The fraction of sp³-hybridized carbons (Fsp3) is 0.556. The van der Waals surface area contributed by atoms with Crippen molar-refractivity contribution < 1.29 is 24.9 Å². The van der Waals surface area contributed by atoms with Gasteiger partial charge in [-0.05, 0) is 0 Å². The van der Waals surface area contributed by atoms with Gasteiger partial charge in [0, 0.05) is 5.38 Å². The Morgan fingerprint density at radius 1 is 1.53 bits per heavy atom. The average molecular weight is 260 g/mol. The molecule has 0 aliphatic carbocycles. The molecule has 1 aromatic heterocycles. The molecule has 1 aromatic rings. The number of carbonyl (C=O) groups excluding carboxylic acids is 1. The van der Waals surface area contributed by atoms with Crippen molar-refractivity contribution in [2.75, 3.05) is 6.61 Å². The number of thiazole rings is 1. The molecule has 0 radical (unpaired) electrons. The van der Waals surface area contributed by atoms with Crippen LogP contribution in [0.3, 0.4) is 0 Å². The zero-order valence-corrected chi connectivity index (χ0v) is 9.50. The second kappa shape index (κ2) is 4.67. The van der Waals surface area contributed by atoms with Gasteiger partial charge in [-0.3, -0.25) is 4.79 Å². The molecule has 2 rings (SSSR count). The molecule has 94 valence electrons. The van der Waals surface area contributed by atoms with Crippen molar-refractivity contribution in [2.45, 2.75) is 24.4 Å². The minimum absolute atomic E-state index is 0.0859. The molecule has 0 saturated carbocycles. The Hall–Kier alpha value is -1.06. The van der Waals surface area contributed by atoms with E-state index in [1.54, 1.807) is 0 Å². The highest BCUT2D eigenvalue weighted by Gasteiger charge is 2.44. The first-order valence-electron chi connectivity index (χ1n) is 4.92. The summed E-state index contributed by atoms with van der Waals surface area (Å²) in [6, 6.07) is 0. The van der Waals surface area contributed by atoms with Crippen LogP contribution in [-0.4, -0.2) is 51.1 Å². The highest BCUT2D eigenvalue weighted by atomic mass is 32.1. The number of hydrogen-bond donors (Lipinski definition) is 4. The molecule has 8 heteroatoms. The van der Waals surface area contributed by atoms with Crippen LogP contribution in [0.15, 0.2) is 5.38 Å². The number of primary amides is 1. The van der Waals surface area contributed by atoms with Crippen LogP contribution in [0.2, 0.25) is 0 Å². The van der Waals surface area contributed by atoms with Crippen molar-refractivity contribution in [2.24, 2.45) is 5.73 Å². The van der Waals surface area contributed by atoms with Gasteiger partial charge in [-0.25, -0.2) is 4.98 Å². The minimum Gasteiger partial charge on any atom is -0.394 e. The zero-order chi connectivity index (χ0) is 12.6. The van der Waals surface area contributed by atoms with Gasteiger partial charge in [0.1, 0.15) is 35.1 Å². The molecular formula is C9H12N2O5S. The number of aromatic nitrogens is 1. The van der Waals surface area contributed by atoms with Gasteiger partial charge < -0.3 is 25.8 Å². The van der Waals surface area contributed by atoms with E-state index in [1.165, 1.54) is 5.38 Å². The van der Waals surface area contributed by atoms with Crippen molar-refractivity contribution in [3.8, 4) is 0 Å². The van der Waals surface area contributed by atoms with Crippen molar-refractivity contribution in [1.29, 1.82) is 0 Å². The lowest BCUT2D eigenvalue weighted by molar-refractivity contribution is -0.0228. The van der Waals surface area contributed by atoms with Crippen molar-refractivity contribution in [1.82, 2.24) is 4.98 Å². The van der Waals surface area contributed by atoms with Crippen LogP contribution in [0.25, 0.3) is 0 Å². The smallest absolute Gasteiger partial charge is 0.268 e. The summed E-state index contributed by atoms with van der Waals surface area (Å²) >= 11 is 1.10. The predicted octanol–water partition coefficient (Wildman–Crippen LogP) is -1.60. The van der Waals surface area contributed by atoms with E-state index < -0.39 is 36.9 Å². The molecular weight excluding hydrogens is 248 g/mol. The number of rotatable bonds is 3. The molecule has 7 nitrogen and oxygen atoms in total. The Morgan fingerprint density at radius 3 is 2.71 bits per heavy atom. The number of aliphatic hydroxyl groups is 3. The van der Waals surface area contributed by atoms with Crippen LogP contribution >= 0.6 is 11.3 Å². The highest BCUT2D eigenvalue weighted by Crippen LogP contribution is 2.34. The lowest BCUT2D eigenvalue weighted by Gasteiger charge is -2.11. The lowest BCUT2D eigenvalue weighted by Crippen LogP contribution is -2.32. The monoisotopic (exact) mass is 260 g/mol. The van der Waals surface area contributed by atoms with Gasteiger partial charge in [-0.15, -0.1) is 11.3 Å². The predicted molar refractivity (Wildman–Crippen MR) is 57.3 cm³/mol. The molecule has 1 saturated heterocycles. The SMILES string of the molecule is NC(=O)c1csc([C@@H]2O[C@H](CO)[C@H](O)[C@@H]2O)n1. The molecule has 0 spiro atoms. The maximum Gasteiger partial charge on any atom is 0.268 e. The minimum atomic E-state index is -1.18. The van der Waals surface area contributed by atoms with Crippen LogP contribution < -0.4 is 5.73 Å². The summed E-state index contributed by atoms with van der Waals surface area (Å²) in [5.41, 5.74) is 5.14. The Balaban J connectivity index is 2.19. The van der Waals surface area contributed by atoms with Gasteiger partial charge in [-0.2, -0.15) is 0 Å². The van der Waals surface area contributed by atoms with Crippen LogP contribution in [0.5, 0.6) is 0 Å². The fourth-order valence-electron chi connectivity index (χ4n) is 1.64.